The fourth-order valence-corrected chi connectivity index (χ4v) is 4.95. The van der Waals surface area contributed by atoms with E-state index in [2.05, 4.69) is 56.1 Å². The molecule has 1 aromatic heterocycles. The fraction of sp³-hybridized carbons (Fsp3) is 0.500. The van der Waals surface area contributed by atoms with Crippen molar-refractivity contribution in [2.75, 3.05) is 16.8 Å². The van der Waals surface area contributed by atoms with Crippen molar-refractivity contribution in [1.29, 1.82) is 0 Å². The molecule has 0 bridgehead atoms. The van der Waals surface area contributed by atoms with Gasteiger partial charge in [0.15, 0.2) is 0 Å². The summed E-state index contributed by atoms with van der Waals surface area (Å²) in [4.78, 5) is 16.3. The van der Waals surface area contributed by atoms with Crippen LogP contribution in [0.3, 0.4) is 0 Å². The van der Waals surface area contributed by atoms with Gasteiger partial charge in [0.2, 0.25) is 5.91 Å². The molecule has 1 amide bonds. The quantitative estimate of drug-likeness (QED) is 0.787. The average Bonchev–Trinajstić information content (AvgIpc) is 3.14. The number of nitrogens with zero attached hydrogens (tertiary/aromatic N) is 1. The highest BCUT2D eigenvalue weighted by atomic mass is 32.1. The molecule has 1 fully saturated rings. The van der Waals surface area contributed by atoms with Crippen molar-refractivity contribution in [2.45, 2.75) is 59.9 Å². The summed E-state index contributed by atoms with van der Waals surface area (Å²) in [6.07, 6.45) is 4.05. The van der Waals surface area contributed by atoms with Crippen LogP contribution in [0.1, 0.15) is 53.3 Å². The Morgan fingerprint density at radius 3 is 2.69 bits per heavy atom. The zero-order chi connectivity index (χ0) is 18.5. The maximum Gasteiger partial charge on any atom is 0.224 e. The minimum atomic E-state index is 0.169. The number of aryl methyl sites for hydroxylation is 2. The standard InChI is InChI=1S/C22H28N2OS/c1-14-11-17-13-24(20-6-5-15(2)26-20)10-7-18(17)16(3)21(14)23-19(25)12-22(4)8-9-22/h5-6,11H,7-10,12-13H2,1-4H3,(H,23,25). The van der Waals surface area contributed by atoms with E-state index >= 15 is 0 Å². The van der Waals surface area contributed by atoms with Crippen LogP contribution in [0.25, 0.3) is 0 Å². The number of carbonyl (C=O) groups excluding carboxylic acids is 1. The Balaban J connectivity index is 1.55. The molecule has 1 aliphatic heterocycles. The zero-order valence-corrected chi connectivity index (χ0v) is 17.1. The molecule has 2 heterocycles. The fourth-order valence-electron chi connectivity index (χ4n) is 4.06. The molecule has 0 unspecified atom stereocenters. The van der Waals surface area contributed by atoms with Crippen LogP contribution in [0.2, 0.25) is 0 Å². The van der Waals surface area contributed by atoms with Crippen LogP contribution < -0.4 is 10.2 Å². The predicted molar refractivity (Wildman–Crippen MR) is 110 cm³/mol. The number of hydrogen-bond acceptors (Lipinski definition) is 3. The van der Waals surface area contributed by atoms with Gasteiger partial charge >= 0.3 is 0 Å². The number of nitrogens with one attached hydrogen (secondary N) is 1. The lowest BCUT2D eigenvalue weighted by Crippen LogP contribution is -2.30. The molecule has 3 nitrogen and oxygen atoms in total. The van der Waals surface area contributed by atoms with Gasteiger partial charge in [0, 0.05) is 30.1 Å². The summed E-state index contributed by atoms with van der Waals surface area (Å²) in [5, 5.41) is 4.58. The number of rotatable bonds is 4. The van der Waals surface area contributed by atoms with Crippen LogP contribution in [0.15, 0.2) is 18.2 Å². The van der Waals surface area contributed by atoms with Crippen molar-refractivity contribution in [3.05, 3.63) is 45.3 Å². The summed E-state index contributed by atoms with van der Waals surface area (Å²) in [6.45, 7) is 10.7. The van der Waals surface area contributed by atoms with E-state index in [1.54, 1.807) is 0 Å². The van der Waals surface area contributed by atoms with Gasteiger partial charge in [-0.3, -0.25) is 4.79 Å². The van der Waals surface area contributed by atoms with Crippen molar-refractivity contribution < 1.29 is 4.79 Å². The van der Waals surface area contributed by atoms with Crippen LogP contribution in [0.4, 0.5) is 10.7 Å². The van der Waals surface area contributed by atoms with E-state index in [1.807, 2.05) is 11.3 Å². The Labute approximate surface area is 160 Å². The molecule has 0 atom stereocenters. The lowest BCUT2D eigenvalue weighted by Gasteiger charge is -2.32. The van der Waals surface area contributed by atoms with Gasteiger partial charge in [-0.05, 0) is 79.8 Å². The normalized spacial score (nSPS) is 17.8. The molecular formula is C22H28N2OS. The molecule has 4 heteroatoms. The molecule has 1 aliphatic carbocycles. The molecule has 0 saturated heterocycles. The van der Waals surface area contributed by atoms with E-state index in [-0.39, 0.29) is 11.3 Å². The van der Waals surface area contributed by atoms with E-state index in [0.29, 0.717) is 6.42 Å². The van der Waals surface area contributed by atoms with Crippen LogP contribution in [-0.2, 0) is 17.8 Å². The lowest BCUT2D eigenvalue weighted by molar-refractivity contribution is -0.117. The van der Waals surface area contributed by atoms with Gasteiger partial charge in [-0.25, -0.2) is 0 Å². The highest BCUT2D eigenvalue weighted by Crippen LogP contribution is 2.48. The Kier molecular flexibility index (Phi) is 4.34. The van der Waals surface area contributed by atoms with Crippen molar-refractivity contribution in [3.8, 4) is 0 Å². The minimum Gasteiger partial charge on any atom is -0.359 e. The highest BCUT2D eigenvalue weighted by Gasteiger charge is 2.39. The molecule has 1 saturated carbocycles. The Morgan fingerprint density at radius 1 is 1.27 bits per heavy atom. The molecule has 0 spiro atoms. The number of thiophene rings is 1. The first-order valence-corrected chi connectivity index (χ1v) is 10.4. The molecule has 0 radical (unpaired) electrons. The second-order valence-electron chi connectivity index (χ2n) is 8.42. The van der Waals surface area contributed by atoms with Gasteiger partial charge < -0.3 is 10.2 Å². The van der Waals surface area contributed by atoms with Crippen molar-refractivity contribution in [2.24, 2.45) is 5.41 Å². The van der Waals surface area contributed by atoms with Crippen LogP contribution in [-0.4, -0.2) is 12.5 Å². The van der Waals surface area contributed by atoms with Crippen LogP contribution >= 0.6 is 11.3 Å². The maximum absolute atomic E-state index is 12.5. The van der Waals surface area contributed by atoms with Gasteiger partial charge in [0.1, 0.15) is 0 Å². The van der Waals surface area contributed by atoms with E-state index in [1.165, 1.54) is 45.0 Å². The minimum absolute atomic E-state index is 0.169. The summed E-state index contributed by atoms with van der Waals surface area (Å²) in [6, 6.07) is 6.71. The summed E-state index contributed by atoms with van der Waals surface area (Å²) < 4.78 is 0. The number of amides is 1. The third-order valence-electron chi connectivity index (χ3n) is 5.99. The molecule has 4 rings (SSSR count). The molecule has 26 heavy (non-hydrogen) atoms. The second kappa shape index (κ2) is 6.41. The van der Waals surface area contributed by atoms with Crippen molar-refractivity contribution in [3.63, 3.8) is 0 Å². The smallest absolute Gasteiger partial charge is 0.224 e. The van der Waals surface area contributed by atoms with E-state index in [0.717, 1.165) is 25.2 Å². The molecule has 1 aromatic carbocycles. The van der Waals surface area contributed by atoms with E-state index in [4.69, 9.17) is 0 Å². The van der Waals surface area contributed by atoms with Crippen LogP contribution in [0.5, 0.6) is 0 Å². The van der Waals surface area contributed by atoms with E-state index < -0.39 is 0 Å². The van der Waals surface area contributed by atoms with Gasteiger partial charge in [-0.1, -0.05) is 13.0 Å². The zero-order valence-electron chi connectivity index (χ0n) is 16.2. The topological polar surface area (TPSA) is 32.3 Å². The molecule has 2 aliphatic rings. The summed E-state index contributed by atoms with van der Waals surface area (Å²) in [7, 11) is 0. The van der Waals surface area contributed by atoms with Crippen LogP contribution in [0, 0.1) is 26.2 Å². The largest absolute Gasteiger partial charge is 0.359 e. The van der Waals surface area contributed by atoms with Crippen molar-refractivity contribution in [1.82, 2.24) is 0 Å². The van der Waals surface area contributed by atoms with Crippen molar-refractivity contribution >= 4 is 27.9 Å². The summed E-state index contributed by atoms with van der Waals surface area (Å²) in [5.74, 6) is 0.169. The number of carbonyl (C=O) groups is 1. The van der Waals surface area contributed by atoms with Gasteiger partial charge in [0.25, 0.3) is 0 Å². The average molecular weight is 369 g/mol. The monoisotopic (exact) mass is 368 g/mol. The van der Waals surface area contributed by atoms with Gasteiger partial charge in [0.05, 0.1) is 5.00 Å². The molecule has 2 aromatic rings. The lowest BCUT2D eigenvalue weighted by atomic mass is 9.91. The summed E-state index contributed by atoms with van der Waals surface area (Å²) in [5.41, 5.74) is 6.56. The number of anilines is 2. The van der Waals surface area contributed by atoms with Gasteiger partial charge in [-0.2, -0.15) is 0 Å². The Morgan fingerprint density at radius 2 is 2.04 bits per heavy atom. The van der Waals surface area contributed by atoms with E-state index in [9.17, 15) is 4.79 Å². The molecule has 1 N–H and O–H groups in total. The Bertz CT molecular complexity index is 863. The first kappa shape index (κ1) is 17.6. The third-order valence-corrected chi connectivity index (χ3v) is 7.05. The maximum atomic E-state index is 12.5. The van der Waals surface area contributed by atoms with Gasteiger partial charge in [-0.15, -0.1) is 11.3 Å². The first-order valence-electron chi connectivity index (χ1n) is 9.58. The summed E-state index contributed by atoms with van der Waals surface area (Å²) >= 11 is 1.87. The number of benzene rings is 1. The second-order valence-corrected chi connectivity index (χ2v) is 9.69. The number of hydrogen-bond donors (Lipinski definition) is 1. The predicted octanol–water partition coefficient (Wildman–Crippen LogP) is 5.36. The molecular weight excluding hydrogens is 340 g/mol. The molecule has 138 valence electrons. The highest BCUT2D eigenvalue weighted by molar-refractivity contribution is 7.16. The number of fused-ring (bicyclic) bond motifs is 1. The Hall–Kier alpha value is -1.81. The third kappa shape index (κ3) is 3.39. The first-order chi connectivity index (χ1) is 12.3. The SMILES string of the molecule is Cc1ccc(N2CCc3c(cc(C)c(NC(=O)CC4(C)CC4)c3C)C2)s1.